The summed E-state index contributed by atoms with van der Waals surface area (Å²) in [6.07, 6.45) is 10.1. The summed E-state index contributed by atoms with van der Waals surface area (Å²) < 4.78 is 11.3. The van der Waals surface area contributed by atoms with E-state index in [4.69, 9.17) is 15.2 Å². The highest BCUT2D eigenvalue weighted by atomic mass is 16.5. The zero-order valence-electron chi connectivity index (χ0n) is 10.2. The fourth-order valence-corrected chi connectivity index (χ4v) is 2.78. The Morgan fingerprint density at radius 3 is 2.75 bits per heavy atom. The average molecular weight is 227 g/mol. The third-order valence-corrected chi connectivity index (χ3v) is 3.83. The van der Waals surface area contributed by atoms with Crippen LogP contribution in [0.4, 0.5) is 0 Å². The van der Waals surface area contributed by atoms with Crippen LogP contribution in [0.5, 0.6) is 0 Å². The molecular weight excluding hydrogens is 202 g/mol. The quantitative estimate of drug-likeness (QED) is 0.708. The largest absolute Gasteiger partial charge is 0.380 e. The maximum absolute atomic E-state index is 6.21. The SMILES string of the molecule is NC1(COCCCC2CCCO2)CCCC1. The fourth-order valence-electron chi connectivity index (χ4n) is 2.78. The molecule has 0 aromatic carbocycles. The van der Waals surface area contributed by atoms with Crippen LogP contribution in [0.15, 0.2) is 0 Å². The number of hydrogen-bond acceptors (Lipinski definition) is 3. The van der Waals surface area contributed by atoms with E-state index in [0.29, 0.717) is 6.10 Å². The van der Waals surface area contributed by atoms with Crippen molar-refractivity contribution in [2.24, 2.45) is 5.73 Å². The highest BCUT2D eigenvalue weighted by Crippen LogP contribution is 2.27. The van der Waals surface area contributed by atoms with Crippen LogP contribution in [0.1, 0.15) is 51.4 Å². The molecule has 2 N–H and O–H groups in total. The van der Waals surface area contributed by atoms with Gasteiger partial charge in [-0.05, 0) is 38.5 Å². The monoisotopic (exact) mass is 227 g/mol. The van der Waals surface area contributed by atoms with Gasteiger partial charge in [0.05, 0.1) is 12.7 Å². The van der Waals surface area contributed by atoms with Gasteiger partial charge >= 0.3 is 0 Å². The summed E-state index contributed by atoms with van der Waals surface area (Å²) in [7, 11) is 0. The van der Waals surface area contributed by atoms with Gasteiger partial charge in [-0.3, -0.25) is 0 Å². The maximum Gasteiger partial charge on any atom is 0.0646 e. The summed E-state index contributed by atoms with van der Waals surface area (Å²) in [6.45, 7) is 2.55. The molecule has 1 unspecified atom stereocenters. The molecule has 0 bridgehead atoms. The van der Waals surface area contributed by atoms with Gasteiger partial charge in [-0.2, -0.15) is 0 Å². The molecule has 1 saturated carbocycles. The molecule has 1 heterocycles. The van der Waals surface area contributed by atoms with Crippen molar-refractivity contribution in [2.75, 3.05) is 19.8 Å². The van der Waals surface area contributed by atoms with E-state index < -0.39 is 0 Å². The Bertz CT molecular complexity index is 196. The summed E-state index contributed by atoms with van der Waals surface area (Å²) in [4.78, 5) is 0. The molecule has 3 nitrogen and oxygen atoms in total. The molecular formula is C13H25NO2. The second-order valence-corrected chi connectivity index (χ2v) is 5.40. The standard InChI is InChI=1S/C13H25NO2/c14-13(7-1-2-8-13)11-15-9-3-5-12-6-4-10-16-12/h12H,1-11,14H2. The van der Waals surface area contributed by atoms with Crippen molar-refractivity contribution in [3.05, 3.63) is 0 Å². The number of hydrogen-bond donors (Lipinski definition) is 1. The van der Waals surface area contributed by atoms with Crippen LogP contribution < -0.4 is 5.73 Å². The highest BCUT2D eigenvalue weighted by molar-refractivity contribution is 4.88. The van der Waals surface area contributed by atoms with Crippen molar-refractivity contribution in [1.82, 2.24) is 0 Å². The number of rotatable bonds is 6. The Morgan fingerprint density at radius 2 is 2.06 bits per heavy atom. The van der Waals surface area contributed by atoms with Crippen LogP contribution in [-0.2, 0) is 9.47 Å². The molecule has 1 saturated heterocycles. The summed E-state index contributed by atoms with van der Waals surface area (Å²) in [6, 6.07) is 0. The summed E-state index contributed by atoms with van der Waals surface area (Å²) in [5.74, 6) is 0. The summed E-state index contributed by atoms with van der Waals surface area (Å²) in [5, 5.41) is 0. The smallest absolute Gasteiger partial charge is 0.0646 e. The third-order valence-electron chi connectivity index (χ3n) is 3.83. The fraction of sp³-hybridized carbons (Fsp3) is 1.00. The minimum atomic E-state index is -0.0101. The van der Waals surface area contributed by atoms with E-state index in [0.717, 1.165) is 45.5 Å². The molecule has 2 aliphatic rings. The van der Waals surface area contributed by atoms with Gasteiger partial charge in [0.15, 0.2) is 0 Å². The van der Waals surface area contributed by atoms with Crippen molar-refractivity contribution in [1.29, 1.82) is 0 Å². The molecule has 1 aliphatic carbocycles. The van der Waals surface area contributed by atoms with Crippen molar-refractivity contribution >= 4 is 0 Å². The molecule has 1 aliphatic heterocycles. The zero-order valence-corrected chi connectivity index (χ0v) is 10.2. The van der Waals surface area contributed by atoms with E-state index in [1.54, 1.807) is 0 Å². The molecule has 0 amide bonds. The lowest BCUT2D eigenvalue weighted by Gasteiger charge is -2.23. The van der Waals surface area contributed by atoms with E-state index in [2.05, 4.69) is 0 Å². The first-order chi connectivity index (χ1) is 7.79. The van der Waals surface area contributed by atoms with Crippen LogP contribution in [-0.4, -0.2) is 31.5 Å². The van der Waals surface area contributed by atoms with Gasteiger partial charge in [0, 0.05) is 18.8 Å². The molecule has 2 rings (SSSR count). The normalized spacial score (nSPS) is 28.7. The Labute approximate surface area is 98.7 Å². The van der Waals surface area contributed by atoms with Crippen molar-refractivity contribution in [3.8, 4) is 0 Å². The molecule has 0 radical (unpaired) electrons. The number of nitrogens with two attached hydrogens (primary N) is 1. The van der Waals surface area contributed by atoms with Gasteiger partial charge in [0.25, 0.3) is 0 Å². The van der Waals surface area contributed by atoms with Crippen LogP contribution in [0.25, 0.3) is 0 Å². The molecule has 0 aromatic rings. The van der Waals surface area contributed by atoms with E-state index >= 15 is 0 Å². The van der Waals surface area contributed by atoms with Crippen LogP contribution in [0.3, 0.4) is 0 Å². The second-order valence-electron chi connectivity index (χ2n) is 5.40. The molecule has 94 valence electrons. The Kier molecular flexibility index (Phi) is 4.62. The molecule has 0 spiro atoms. The van der Waals surface area contributed by atoms with E-state index in [1.807, 2.05) is 0 Å². The third kappa shape index (κ3) is 3.72. The Hall–Kier alpha value is -0.120. The highest BCUT2D eigenvalue weighted by Gasteiger charge is 2.29. The average Bonchev–Trinajstić information content (AvgIpc) is 2.89. The van der Waals surface area contributed by atoms with Gasteiger partial charge in [0.2, 0.25) is 0 Å². The second kappa shape index (κ2) is 5.99. The van der Waals surface area contributed by atoms with Gasteiger partial charge in [-0.25, -0.2) is 0 Å². The minimum absolute atomic E-state index is 0.0101. The van der Waals surface area contributed by atoms with Crippen LogP contribution in [0.2, 0.25) is 0 Å². The summed E-state index contributed by atoms with van der Waals surface area (Å²) in [5.41, 5.74) is 6.20. The summed E-state index contributed by atoms with van der Waals surface area (Å²) >= 11 is 0. The molecule has 16 heavy (non-hydrogen) atoms. The molecule has 2 fully saturated rings. The topological polar surface area (TPSA) is 44.5 Å². The maximum atomic E-state index is 6.21. The van der Waals surface area contributed by atoms with Gasteiger partial charge < -0.3 is 15.2 Å². The van der Waals surface area contributed by atoms with Crippen molar-refractivity contribution in [3.63, 3.8) is 0 Å². The first-order valence-corrected chi connectivity index (χ1v) is 6.77. The van der Waals surface area contributed by atoms with Gasteiger partial charge in [-0.1, -0.05) is 12.8 Å². The first-order valence-electron chi connectivity index (χ1n) is 6.77. The molecule has 1 atom stereocenters. The van der Waals surface area contributed by atoms with Gasteiger partial charge in [-0.15, -0.1) is 0 Å². The van der Waals surface area contributed by atoms with E-state index in [-0.39, 0.29) is 5.54 Å². The predicted molar refractivity (Wildman–Crippen MR) is 64.4 cm³/mol. The van der Waals surface area contributed by atoms with E-state index in [9.17, 15) is 0 Å². The molecule has 3 heteroatoms. The lowest BCUT2D eigenvalue weighted by Crippen LogP contribution is -2.41. The van der Waals surface area contributed by atoms with Crippen LogP contribution >= 0.6 is 0 Å². The number of ether oxygens (including phenoxy) is 2. The predicted octanol–water partition coefficient (Wildman–Crippen LogP) is 2.23. The first kappa shape index (κ1) is 12.3. The Morgan fingerprint density at radius 1 is 1.25 bits per heavy atom. The minimum Gasteiger partial charge on any atom is -0.380 e. The lowest BCUT2D eigenvalue weighted by molar-refractivity contribution is 0.0636. The van der Waals surface area contributed by atoms with E-state index in [1.165, 1.54) is 25.7 Å². The Balaban J connectivity index is 1.48. The zero-order chi connectivity index (χ0) is 11.3. The van der Waals surface area contributed by atoms with Crippen molar-refractivity contribution in [2.45, 2.75) is 63.0 Å². The van der Waals surface area contributed by atoms with Crippen molar-refractivity contribution < 1.29 is 9.47 Å². The molecule has 0 aromatic heterocycles. The van der Waals surface area contributed by atoms with Gasteiger partial charge in [0.1, 0.15) is 0 Å². The lowest BCUT2D eigenvalue weighted by atomic mass is 10.0. The van der Waals surface area contributed by atoms with Crippen LogP contribution in [0, 0.1) is 0 Å².